The number of nitro groups is 1. The SMILES string of the molecule is COC(=O)C(NCCC(=O)Nc1ccc([N+](=O)[O-])cc1C)c1ccc(OC)c(Cl)c1. The number of non-ortho nitro benzene ring substituents is 1. The van der Waals surface area contributed by atoms with Crippen molar-refractivity contribution >= 4 is 34.9 Å². The molecule has 10 heteroatoms. The van der Waals surface area contributed by atoms with Gasteiger partial charge >= 0.3 is 5.97 Å². The van der Waals surface area contributed by atoms with Gasteiger partial charge in [0, 0.05) is 30.8 Å². The first kappa shape index (κ1) is 23.1. The molecular formula is C20H22ClN3O6. The van der Waals surface area contributed by atoms with Crippen LogP contribution < -0.4 is 15.4 Å². The molecule has 0 saturated carbocycles. The van der Waals surface area contributed by atoms with E-state index >= 15 is 0 Å². The minimum Gasteiger partial charge on any atom is -0.495 e. The molecule has 0 bridgehead atoms. The van der Waals surface area contributed by atoms with Gasteiger partial charge in [-0.3, -0.25) is 14.9 Å². The molecule has 0 aliphatic heterocycles. The average molecular weight is 436 g/mol. The second-order valence-corrected chi connectivity index (χ2v) is 6.77. The van der Waals surface area contributed by atoms with E-state index in [1.165, 1.54) is 32.4 Å². The topological polar surface area (TPSA) is 120 Å². The molecular weight excluding hydrogens is 414 g/mol. The summed E-state index contributed by atoms with van der Waals surface area (Å²) in [4.78, 5) is 34.7. The third kappa shape index (κ3) is 5.91. The molecule has 1 amide bonds. The van der Waals surface area contributed by atoms with Gasteiger partial charge < -0.3 is 20.1 Å². The Morgan fingerprint density at radius 2 is 1.93 bits per heavy atom. The Kier molecular flexibility index (Phi) is 8.14. The van der Waals surface area contributed by atoms with Gasteiger partial charge in [-0.2, -0.15) is 0 Å². The number of nitro benzene ring substituents is 1. The van der Waals surface area contributed by atoms with Gasteiger partial charge in [-0.1, -0.05) is 17.7 Å². The molecule has 2 rings (SSSR count). The van der Waals surface area contributed by atoms with Crippen molar-refractivity contribution in [1.82, 2.24) is 5.32 Å². The second kappa shape index (κ2) is 10.6. The van der Waals surface area contributed by atoms with Crippen molar-refractivity contribution in [2.75, 3.05) is 26.1 Å². The highest BCUT2D eigenvalue weighted by molar-refractivity contribution is 6.32. The number of hydrogen-bond acceptors (Lipinski definition) is 7. The van der Waals surface area contributed by atoms with Gasteiger partial charge in [-0.15, -0.1) is 0 Å². The van der Waals surface area contributed by atoms with Gasteiger partial charge in [0.25, 0.3) is 5.69 Å². The number of halogens is 1. The predicted octanol–water partition coefficient (Wildman–Crippen LogP) is 3.40. The molecule has 1 atom stereocenters. The van der Waals surface area contributed by atoms with Gasteiger partial charge in [-0.25, -0.2) is 4.79 Å². The molecule has 2 aromatic carbocycles. The molecule has 2 aromatic rings. The third-order valence-corrected chi connectivity index (χ3v) is 4.64. The van der Waals surface area contributed by atoms with Crippen LogP contribution in [0.2, 0.25) is 5.02 Å². The van der Waals surface area contributed by atoms with Crippen LogP contribution in [-0.4, -0.2) is 37.6 Å². The number of anilines is 1. The molecule has 9 nitrogen and oxygen atoms in total. The van der Waals surface area contributed by atoms with E-state index in [0.717, 1.165) is 0 Å². The van der Waals surface area contributed by atoms with Crippen molar-refractivity contribution in [3.8, 4) is 5.75 Å². The summed E-state index contributed by atoms with van der Waals surface area (Å²) < 4.78 is 9.94. The monoisotopic (exact) mass is 435 g/mol. The number of carbonyl (C=O) groups excluding carboxylic acids is 2. The highest BCUT2D eigenvalue weighted by atomic mass is 35.5. The van der Waals surface area contributed by atoms with E-state index in [0.29, 0.717) is 27.6 Å². The Labute approximate surface area is 178 Å². The lowest BCUT2D eigenvalue weighted by Crippen LogP contribution is -2.32. The van der Waals surface area contributed by atoms with Crippen molar-refractivity contribution < 1.29 is 24.0 Å². The second-order valence-electron chi connectivity index (χ2n) is 6.36. The van der Waals surface area contributed by atoms with E-state index < -0.39 is 16.9 Å². The number of aryl methyl sites for hydroxylation is 1. The molecule has 0 radical (unpaired) electrons. The minimum absolute atomic E-state index is 0.0498. The van der Waals surface area contributed by atoms with Crippen LogP contribution in [0.25, 0.3) is 0 Å². The first-order valence-corrected chi connectivity index (χ1v) is 9.34. The lowest BCUT2D eigenvalue weighted by molar-refractivity contribution is -0.384. The average Bonchev–Trinajstić information content (AvgIpc) is 2.72. The number of carbonyl (C=O) groups is 2. The minimum atomic E-state index is -0.813. The molecule has 0 fully saturated rings. The molecule has 0 spiro atoms. The number of nitrogens with one attached hydrogen (secondary N) is 2. The highest BCUT2D eigenvalue weighted by Crippen LogP contribution is 2.28. The van der Waals surface area contributed by atoms with Crippen LogP contribution in [0, 0.1) is 17.0 Å². The Balaban J connectivity index is 1.99. The predicted molar refractivity (Wildman–Crippen MR) is 112 cm³/mol. The van der Waals surface area contributed by atoms with Crippen molar-refractivity contribution in [2.24, 2.45) is 0 Å². The van der Waals surface area contributed by atoms with Crippen molar-refractivity contribution in [3.05, 3.63) is 62.7 Å². The first-order valence-electron chi connectivity index (χ1n) is 8.96. The number of amides is 1. The van der Waals surface area contributed by atoms with Crippen molar-refractivity contribution in [1.29, 1.82) is 0 Å². The van der Waals surface area contributed by atoms with Crippen LogP contribution in [0.15, 0.2) is 36.4 Å². The van der Waals surface area contributed by atoms with Crippen LogP contribution >= 0.6 is 11.6 Å². The Morgan fingerprint density at radius 3 is 2.50 bits per heavy atom. The van der Waals surface area contributed by atoms with Gasteiger partial charge in [-0.05, 0) is 36.2 Å². The smallest absolute Gasteiger partial charge is 0.327 e. The van der Waals surface area contributed by atoms with E-state index in [-0.39, 0.29) is 24.6 Å². The number of rotatable bonds is 9. The zero-order valence-corrected chi connectivity index (χ0v) is 17.5. The zero-order valence-electron chi connectivity index (χ0n) is 16.7. The quantitative estimate of drug-likeness (QED) is 0.352. The maximum Gasteiger partial charge on any atom is 0.327 e. The molecule has 0 saturated heterocycles. The maximum atomic E-state index is 12.2. The van der Waals surface area contributed by atoms with Crippen LogP contribution in [0.4, 0.5) is 11.4 Å². The van der Waals surface area contributed by atoms with Crippen LogP contribution in [0.3, 0.4) is 0 Å². The summed E-state index contributed by atoms with van der Waals surface area (Å²) in [6, 6.07) is 8.28. The van der Waals surface area contributed by atoms with E-state index in [4.69, 9.17) is 21.1 Å². The number of benzene rings is 2. The van der Waals surface area contributed by atoms with E-state index in [1.54, 1.807) is 25.1 Å². The number of methoxy groups -OCH3 is 2. The fraction of sp³-hybridized carbons (Fsp3) is 0.300. The molecule has 0 aliphatic rings. The van der Waals surface area contributed by atoms with E-state index in [9.17, 15) is 19.7 Å². The maximum absolute atomic E-state index is 12.2. The lowest BCUT2D eigenvalue weighted by atomic mass is 10.1. The fourth-order valence-corrected chi connectivity index (χ4v) is 3.03. The van der Waals surface area contributed by atoms with Crippen LogP contribution in [0.5, 0.6) is 5.75 Å². The molecule has 0 aromatic heterocycles. The number of nitrogens with zero attached hydrogens (tertiary/aromatic N) is 1. The molecule has 0 heterocycles. The third-order valence-electron chi connectivity index (χ3n) is 4.34. The standard InChI is InChI=1S/C20H22ClN3O6/c1-12-10-14(24(27)28)5-6-16(12)23-18(25)8-9-22-19(20(26)30-3)13-4-7-17(29-2)15(21)11-13/h4-7,10-11,19,22H,8-9H2,1-3H3,(H,23,25). The van der Waals surface area contributed by atoms with Gasteiger partial charge in [0.1, 0.15) is 11.8 Å². The summed E-state index contributed by atoms with van der Waals surface area (Å²) in [5.74, 6) is -0.361. The summed E-state index contributed by atoms with van der Waals surface area (Å²) in [5.41, 5.74) is 1.58. The van der Waals surface area contributed by atoms with Gasteiger partial charge in [0.2, 0.25) is 5.91 Å². The van der Waals surface area contributed by atoms with Crippen LogP contribution in [0.1, 0.15) is 23.6 Å². The highest BCUT2D eigenvalue weighted by Gasteiger charge is 2.22. The van der Waals surface area contributed by atoms with Gasteiger partial charge in [0.05, 0.1) is 24.2 Å². The summed E-state index contributed by atoms with van der Waals surface area (Å²) in [6.45, 7) is 1.85. The summed E-state index contributed by atoms with van der Waals surface area (Å²) in [5, 5.41) is 16.8. The molecule has 160 valence electrons. The normalized spacial score (nSPS) is 11.5. The Morgan fingerprint density at radius 1 is 1.20 bits per heavy atom. The molecule has 1 unspecified atom stereocenters. The summed E-state index contributed by atoms with van der Waals surface area (Å²) in [6.07, 6.45) is 0.0633. The number of hydrogen-bond donors (Lipinski definition) is 2. The van der Waals surface area contributed by atoms with Crippen LogP contribution in [-0.2, 0) is 14.3 Å². The summed E-state index contributed by atoms with van der Waals surface area (Å²) in [7, 11) is 2.76. The molecule has 0 aliphatic carbocycles. The Bertz CT molecular complexity index is 950. The lowest BCUT2D eigenvalue weighted by Gasteiger charge is -2.18. The van der Waals surface area contributed by atoms with Crippen molar-refractivity contribution in [3.63, 3.8) is 0 Å². The molecule has 30 heavy (non-hydrogen) atoms. The first-order chi connectivity index (χ1) is 14.3. The van der Waals surface area contributed by atoms with Crippen molar-refractivity contribution in [2.45, 2.75) is 19.4 Å². The summed E-state index contributed by atoms with van der Waals surface area (Å²) >= 11 is 6.13. The van der Waals surface area contributed by atoms with E-state index in [2.05, 4.69) is 10.6 Å². The fourth-order valence-electron chi connectivity index (χ4n) is 2.76. The Hall–Kier alpha value is -3.17. The zero-order chi connectivity index (χ0) is 22.3. The largest absolute Gasteiger partial charge is 0.495 e. The van der Waals surface area contributed by atoms with Gasteiger partial charge in [0.15, 0.2) is 0 Å². The number of ether oxygens (including phenoxy) is 2. The molecule has 2 N–H and O–H groups in total. The number of esters is 1. The van der Waals surface area contributed by atoms with E-state index in [1.807, 2.05) is 0 Å².